The molecule has 1 atom stereocenters. The number of likely N-dealkylation sites (N-methyl/N-ethyl adjacent to an activating group) is 1. The maximum atomic E-state index is 9.18. The lowest BCUT2D eigenvalue weighted by Gasteiger charge is -2.20. The second-order valence-corrected chi connectivity index (χ2v) is 4.33. The zero-order valence-corrected chi connectivity index (χ0v) is 10.2. The van der Waals surface area contributed by atoms with Crippen LogP contribution in [0.2, 0.25) is 0 Å². The molecular weight excluding hydrogens is 200 g/mol. The highest BCUT2D eigenvalue weighted by molar-refractivity contribution is 5.14. The molecule has 0 aliphatic rings. The summed E-state index contributed by atoms with van der Waals surface area (Å²) in [6.07, 6.45) is 1.00. The highest BCUT2D eigenvalue weighted by Gasteiger charge is 2.06. The molecular formula is C13H22N2O. The van der Waals surface area contributed by atoms with Gasteiger partial charge in [-0.25, -0.2) is 0 Å². The van der Waals surface area contributed by atoms with Gasteiger partial charge in [0, 0.05) is 12.6 Å². The molecule has 0 aromatic heterocycles. The molecule has 0 heterocycles. The van der Waals surface area contributed by atoms with Gasteiger partial charge < -0.3 is 15.3 Å². The lowest BCUT2D eigenvalue weighted by Crippen LogP contribution is -2.41. The summed E-state index contributed by atoms with van der Waals surface area (Å²) in [6, 6.07) is 10.6. The van der Waals surface area contributed by atoms with Crippen molar-refractivity contribution >= 4 is 0 Å². The Morgan fingerprint density at radius 2 is 1.94 bits per heavy atom. The first-order valence-corrected chi connectivity index (χ1v) is 5.75. The molecule has 3 nitrogen and oxygen atoms in total. The zero-order chi connectivity index (χ0) is 11.8. The van der Waals surface area contributed by atoms with Crippen LogP contribution in [0.4, 0.5) is 0 Å². The van der Waals surface area contributed by atoms with Crippen LogP contribution >= 0.6 is 0 Å². The summed E-state index contributed by atoms with van der Waals surface area (Å²) in [5.41, 5.74) is 1.33. The Bertz CT molecular complexity index is 275. The Hall–Kier alpha value is -0.900. The lowest BCUT2D eigenvalue weighted by molar-refractivity contribution is 0.212. The lowest BCUT2D eigenvalue weighted by atomic mass is 10.1. The van der Waals surface area contributed by atoms with Crippen molar-refractivity contribution < 1.29 is 5.11 Å². The van der Waals surface area contributed by atoms with Gasteiger partial charge in [-0.15, -0.1) is 0 Å². The first-order valence-electron chi connectivity index (χ1n) is 5.75. The maximum absolute atomic E-state index is 9.18. The molecule has 0 radical (unpaired) electrons. The number of nitrogens with zero attached hydrogens (tertiary/aromatic N) is 1. The Morgan fingerprint density at radius 1 is 1.25 bits per heavy atom. The second-order valence-electron chi connectivity index (χ2n) is 4.33. The zero-order valence-electron chi connectivity index (χ0n) is 10.2. The highest BCUT2D eigenvalue weighted by Crippen LogP contribution is 1.98. The number of rotatable bonds is 7. The molecule has 2 N–H and O–H groups in total. The van der Waals surface area contributed by atoms with E-state index in [1.807, 2.05) is 20.2 Å². The summed E-state index contributed by atoms with van der Waals surface area (Å²) >= 11 is 0. The summed E-state index contributed by atoms with van der Waals surface area (Å²) < 4.78 is 0. The fraction of sp³-hybridized carbons (Fsp3) is 0.538. The van der Waals surface area contributed by atoms with Gasteiger partial charge in [0.2, 0.25) is 0 Å². The fourth-order valence-electron chi connectivity index (χ4n) is 1.69. The minimum absolute atomic E-state index is 0.165. The van der Waals surface area contributed by atoms with E-state index in [9.17, 15) is 5.11 Å². The van der Waals surface area contributed by atoms with Crippen molar-refractivity contribution in [3.63, 3.8) is 0 Å². The molecule has 0 bridgehead atoms. The average Bonchev–Trinajstić information content (AvgIpc) is 2.28. The van der Waals surface area contributed by atoms with Gasteiger partial charge >= 0.3 is 0 Å². The van der Waals surface area contributed by atoms with E-state index in [2.05, 4.69) is 34.5 Å². The molecule has 0 amide bonds. The van der Waals surface area contributed by atoms with E-state index in [0.29, 0.717) is 0 Å². The van der Waals surface area contributed by atoms with Crippen LogP contribution in [0, 0.1) is 0 Å². The quantitative estimate of drug-likeness (QED) is 0.714. The van der Waals surface area contributed by atoms with Crippen molar-refractivity contribution in [1.82, 2.24) is 10.2 Å². The van der Waals surface area contributed by atoms with Gasteiger partial charge in [0.1, 0.15) is 0 Å². The van der Waals surface area contributed by atoms with E-state index >= 15 is 0 Å². The summed E-state index contributed by atoms with van der Waals surface area (Å²) in [7, 11) is 4.03. The topological polar surface area (TPSA) is 35.5 Å². The molecule has 0 unspecified atom stereocenters. The van der Waals surface area contributed by atoms with Crippen LogP contribution in [0.15, 0.2) is 30.3 Å². The smallest absolute Gasteiger partial charge is 0.0597 e. The molecule has 0 saturated heterocycles. The van der Waals surface area contributed by atoms with Crippen LogP contribution in [0.1, 0.15) is 5.56 Å². The van der Waals surface area contributed by atoms with Crippen molar-refractivity contribution in [3.05, 3.63) is 35.9 Å². The number of aliphatic hydroxyl groups is 1. The Labute approximate surface area is 98.1 Å². The van der Waals surface area contributed by atoms with E-state index in [1.165, 1.54) is 5.56 Å². The largest absolute Gasteiger partial charge is 0.395 e. The molecule has 1 aromatic rings. The van der Waals surface area contributed by atoms with Crippen LogP contribution in [0.5, 0.6) is 0 Å². The Balaban J connectivity index is 2.23. The van der Waals surface area contributed by atoms with Gasteiger partial charge in [0.15, 0.2) is 0 Å². The second kappa shape index (κ2) is 7.39. The van der Waals surface area contributed by atoms with Crippen molar-refractivity contribution in [2.45, 2.75) is 12.5 Å². The molecule has 0 aliphatic heterocycles. The van der Waals surface area contributed by atoms with Gasteiger partial charge in [-0.3, -0.25) is 0 Å². The molecule has 0 fully saturated rings. The van der Waals surface area contributed by atoms with Crippen molar-refractivity contribution in [1.29, 1.82) is 0 Å². The van der Waals surface area contributed by atoms with E-state index in [1.54, 1.807) is 0 Å². The highest BCUT2D eigenvalue weighted by atomic mass is 16.3. The third-order valence-corrected chi connectivity index (χ3v) is 2.50. The van der Waals surface area contributed by atoms with Crippen molar-refractivity contribution in [3.8, 4) is 0 Å². The molecule has 1 aromatic carbocycles. The van der Waals surface area contributed by atoms with Crippen LogP contribution < -0.4 is 5.32 Å². The van der Waals surface area contributed by atoms with Gasteiger partial charge in [-0.2, -0.15) is 0 Å². The number of hydrogen-bond acceptors (Lipinski definition) is 3. The minimum Gasteiger partial charge on any atom is -0.395 e. The normalized spacial score (nSPS) is 13.0. The summed E-state index contributed by atoms with van der Waals surface area (Å²) in [5.74, 6) is 0. The van der Waals surface area contributed by atoms with E-state index in [-0.39, 0.29) is 12.6 Å². The number of aliphatic hydroxyl groups excluding tert-OH is 1. The molecule has 3 heteroatoms. The fourth-order valence-corrected chi connectivity index (χ4v) is 1.69. The molecule has 0 saturated carbocycles. The first kappa shape index (κ1) is 13.2. The van der Waals surface area contributed by atoms with Gasteiger partial charge in [0.25, 0.3) is 0 Å². The first-order chi connectivity index (χ1) is 7.72. The third-order valence-electron chi connectivity index (χ3n) is 2.50. The molecule has 1 rings (SSSR count). The van der Waals surface area contributed by atoms with Crippen LogP contribution in [0.25, 0.3) is 0 Å². The summed E-state index contributed by atoms with van der Waals surface area (Å²) in [6.45, 7) is 1.96. The standard InChI is InChI=1S/C13H22N2O/c1-15(2)10-13(11-16)14-9-8-12-6-4-3-5-7-12/h3-7,13-14,16H,8-11H2,1-2H3/t13-/m1/s1. The van der Waals surface area contributed by atoms with Gasteiger partial charge in [0.05, 0.1) is 6.61 Å². The van der Waals surface area contributed by atoms with Crippen LogP contribution in [0.3, 0.4) is 0 Å². The Kier molecular flexibility index (Phi) is 6.08. The SMILES string of the molecule is CN(C)C[C@H](CO)NCCc1ccccc1. The predicted octanol–water partition coefficient (Wildman–Crippen LogP) is 0.741. The molecule has 0 spiro atoms. The maximum Gasteiger partial charge on any atom is 0.0597 e. The molecule has 0 aliphatic carbocycles. The summed E-state index contributed by atoms with van der Waals surface area (Å²) in [4.78, 5) is 2.08. The van der Waals surface area contributed by atoms with Crippen molar-refractivity contribution in [2.75, 3.05) is 33.8 Å². The number of hydrogen-bond donors (Lipinski definition) is 2. The minimum atomic E-state index is 0.165. The van der Waals surface area contributed by atoms with Gasteiger partial charge in [-0.05, 0) is 32.6 Å². The average molecular weight is 222 g/mol. The van der Waals surface area contributed by atoms with E-state index < -0.39 is 0 Å². The number of benzene rings is 1. The van der Waals surface area contributed by atoms with Gasteiger partial charge in [-0.1, -0.05) is 30.3 Å². The summed E-state index contributed by atoms with van der Waals surface area (Å²) in [5, 5.41) is 12.5. The van der Waals surface area contributed by atoms with Crippen LogP contribution in [-0.2, 0) is 6.42 Å². The van der Waals surface area contributed by atoms with E-state index in [0.717, 1.165) is 19.5 Å². The third kappa shape index (κ3) is 5.26. The monoisotopic (exact) mass is 222 g/mol. The Morgan fingerprint density at radius 3 is 2.50 bits per heavy atom. The van der Waals surface area contributed by atoms with E-state index in [4.69, 9.17) is 0 Å². The molecule has 90 valence electrons. The molecule has 16 heavy (non-hydrogen) atoms. The van der Waals surface area contributed by atoms with Crippen LogP contribution in [-0.4, -0.2) is 49.8 Å². The predicted molar refractivity (Wildman–Crippen MR) is 67.6 cm³/mol. The number of nitrogens with one attached hydrogen (secondary N) is 1. The van der Waals surface area contributed by atoms with Crippen molar-refractivity contribution in [2.24, 2.45) is 0 Å².